The van der Waals surface area contributed by atoms with Crippen LogP contribution in [0.2, 0.25) is 0 Å². The van der Waals surface area contributed by atoms with Gasteiger partial charge in [-0.05, 0) is 39.0 Å². The van der Waals surface area contributed by atoms with Gasteiger partial charge in [0, 0.05) is 6.61 Å². The standard InChI is InChI=1S/C16H32O.C6H12.C3H8.2C2H6/c1-3-5-6-7-8-9-10-13-16(12-4-2)14-11-15-17;1-4-5-6(2)3;1-3-2;2*1-2/h14,17H,3-13,15H2,1-2H3;2,4-5H2,1,3H3;3H2,1-2H3;2*1-2H3/b16-14+;;;;. The maximum absolute atomic E-state index is 8.83. The van der Waals surface area contributed by atoms with E-state index in [4.69, 9.17) is 5.11 Å². The van der Waals surface area contributed by atoms with E-state index in [2.05, 4.69) is 54.2 Å². The van der Waals surface area contributed by atoms with Crippen molar-refractivity contribution in [1.82, 2.24) is 0 Å². The van der Waals surface area contributed by atoms with Gasteiger partial charge in [0.25, 0.3) is 0 Å². The summed E-state index contributed by atoms with van der Waals surface area (Å²) in [4.78, 5) is 0. The molecule has 0 saturated carbocycles. The van der Waals surface area contributed by atoms with Crippen LogP contribution in [0.4, 0.5) is 0 Å². The molecule has 0 fully saturated rings. The van der Waals surface area contributed by atoms with E-state index in [9.17, 15) is 0 Å². The molecule has 0 aliphatic carbocycles. The van der Waals surface area contributed by atoms with Gasteiger partial charge in [0.2, 0.25) is 0 Å². The minimum Gasteiger partial charge on any atom is -0.396 e. The Morgan fingerprint density at radius 1 is 0.667 bits per heavy atom. The highest BCUT2D eigenvalue weighted by molar-refractivity contribution is 5.01. The highest BCUT2D eigenvalue weighted by atomic mass is 16.2. The first-order chi connectivity index (χ1) is 14.5. The molecule has 0 radical (unpaired) electrons. The Morgan fingerprint density at radius 3 is 1.43 bits per heavy atom. The van der Waals surface area contributed by atoms with E-state index < -0.39 is 0 Å². The molecule has 0 saturated heterocycles. The van der Waals surface area contributed by atoms with Crippen molar-refractivity contribution < 1.29 is 5.11 Å². The Hall–Kier alpha value is -0.560. The molecule has 0 heterocycles. The largest absolute Gasteiger partial charge is 0.396 e. The molecule has 0 unspecified atom stereocenters. The number of aliphatic hydroxyl groups excluding tert-OH is 1. The number of aliphatic hydroxyl groups is 1. The lowest BCUT2D eigenvalue weighted by molar-refractivity contribution is 0.302. The molecule has 0 bridgehead atoms. The summed E-state index contributed by atoms with van der Waals surface area (Å²) in [6.45, 7) is 25.0. The number of hydrogen-bond acceptors (Lipinski definition) is 1. The van der Waals surface area contributed by atoms with Crippen molar-refractivity contribution in [2.75, 3.05) is 6.61 Å². The summed E-state index contributed by atoms with van der Waals surface area (Å²) in [5.41, 5.74) is 2.85. The SMILES string of the molecule is C=C(C)CCC.CC.CC.CCC.CCCCCCCCC/C(=C/CCO)CCC. The molecule has 0 rings (SSSR count). The van der Waals surface area contributed by atoms with Crippen LogP contribution in [0.5, 0.6) is 0 Å². The van der Waals surface area contributed by atoms with E-state index in [1.165, 1.54) is 89.0 Å². The van der Waals surface area contributed by atoms with Crippen LogP contribution in [0, 0.1) is 0 Å². The Kier molecular flexibility index (Phi) is 61.9. The van der Waals surface area contributed by atoms with Gasteiger partial charge in [-0.2, -0.15) is 0 Å². The summed E-state index contributed by atoms with van der Waals surface area (Å²) in [6.07, 6.45) is 20.1. The van der Waals surface area contributed by atoms with Crippen LogP contribution in [0.3, 0.4) is 0 Å². The fourth-order valence-electron chi connectivity index (χ4n) is 2.65. The third-order valence-corrected chi connectivity index (χ3v) is 3.91. The molecular formula is C29H64O. The lowest BCUT2D eigenvalue weighted by Crippen LogP contribution is -1.88. The second kappa shape index (κ2) is 46.6. The zero-order valence-corrected chi connectivity index (χ0v) is 23.3. The summed E-state index contributed by atoms with van der Waals surface area (Å²) in [5, 5.41) is 8.83. The molecule has 1 heteroatoms. The van der Waals surface area contributed by atoms with Crippen LogP contribution in [0.15, 0.2) is 23.8 Å². The molecular weight excluding hydrogens is 364 g/mol. The highest BCUT2D eigenvalue weighted by Crippen LogP contribution is 2.16. The fraction of sp³-hybridized carbons (Fsp3) is 0.862. The third-order valence-electron chi connectivity index (χ3n) is 3.91. The second-order valence-electron chi connectivity index (χ2n) is 7.41. The van der Waals surface area contributed by atoms with Crippen molar-refractivity contribution in [3.63, 3.8) is 0 Å². The summed E-state index contributed by atoms with van der Waals surface area (Å²) in [5.74, 6) is 0. The van der Waals surface area contributed by atoms with E-state index in [1.54, 1.807) is 5.57 Å². The van der Waals surface area contributed by atoms with Crippen molar-refractivity contribution in [1.29, 1.82) is 0 Å². The second-order valence-corrected chi connectivity index (χ2v) is 7.41. The van der Waals surface area contributed by atoms with Crippen LogP contribution in [0.1, 0.15) is 159 Å². The van der Waals surface area contributed by atoms with Gasteiger partial charge in [0.05, 0.1) is 0 Å². The summed E-state index contributed by atoms with van der Waals surface area (Å²) >= 11 is 0. The predicted octanol–water partition coefficient (Wildman–Crippen LogP) is 11.1. The smallest absolute Gasteiger partial charge is 0.0465 e. The molecule has 30 heavy (non-hydrogen) atoms. The Morgan fingerprint density at radius 2 is 1.10 bits per heavy atom. The highest BCUT2D eigenvalue weighted by Gasteiger charge is 1.97. The zero-order valence-electron chi connectivity index (χ0n) is 23.3. The molecule has 0 aromatic rings. The van der Waals surface area contributed by atoms with E-state index in [1.807, 2.05) is 27.7 Å². The molecule has 186 valence electrons. The van der Waals surface area contributed by atoms with Gasteiger partial charge in [-0.3, -0.25) is 0 Å². The van der Waals surface area contributed by atoms with Gasteiger partial charge in [0.15, 0.2) is 0 Å². The van der Waals surface area contributed by atoms with Crippen molar-refractivity contribution >= 4 is 0 Å². The molecule has 0 aliphatic rings. The van der Waals surface area contributed by atoms with Crippen LogP contribution in [-0.4, -0.2) is 11.7 Å². The van der Waals surface area contributed by atoms with E-state index >= 15 is 0 Å². The summed E-state index contributed by atoms with van der Waals surface area (Å²) < 4.78 is 0. The molecule has 0 amide bonds. The lowest BCUT2D eigenvalue weighted by Gasteiger charge is -2.06. The number of allylic oxidation sites excluding steroid dienone is 2. The van der Waals surface area contributed by atoms with Crippen LogP contribution in [-0.2, 0) is 0 Å². The van der Waals surface area contributed by atoms with Crippen LogP contribution in [0.25, 0.3) is 0 Å². The molecule has 0 spiro atoms. The topological polar surface area (TPSA) is 20.2 Å². The van der Waals surface area contributed by atoms with E-state index in [0.29, 0.717) is 6.61 Å². The Bertz CT molecular complexity index is 278. The van der Waals surface area contributed by atoms with Gasteiger partial charge in [-0.1, -0.05) is 137 Å². The molecule has 0 aromatic carbocycles. The maximum atomic E-state index is 8.83. The van der Waals surface area contributed by atoms with Crippen molar-refractivity contribution in [3.8, 4) is 0 Å². The quantitative estimate of drug-likeness (QED) is 0.215. The van der Waals surface area contributed by atoms with Crippen molar-refractivity contribution in [3.05, 3.63) is 23.8 Å². The van der Waals surface area contributed by atoms with Gasteiger partial charge in [-0.15, -0.1) is 6.58 Å². The Balaban J connectivity index is -0.000000132. The average molecular weight is 429 g/mol. The fourth-order valence-corrected chi connectivity index (χ4v) is 2.65. The minimum atomic E-state index is 0.296. The normalized spacial score (nSPS) is 9.50. The van der Waals surface area contributed by atoms with Crippen molar-refractivity contribution in [2.24, 2.45) is 0 Å². The van der Waals surface area contributed by atoms with Crippen molar-refractivity contribution in [2.45, 2.75) is 159 Å². The van der Waals surface area contributed by atoms with Gasteiger partial charge >= 0.3 is 0 Å². The number of unbranched alkanes of at least 4 members (excludes halogenated alkanes) is 6. The first-order valence-corrected chi connectivity index (χ1v) is 13.5. The van der Waals surface area contributed by atoms with E-state index in [0.717, 1.165) is 6.42 Å². The molecule has 1 N–H and O–H groups in total. The zero-order chi connectivity index (χ0) is 24.5. The van der Waals surface area contributed by atoms with Crippen LogP contribution >= 0.6 is 0 Å². The number of hydrogen-bond donors (Lipinski definition) is 1. The predicted molar refractivity (Wildman–Crippen MR) is 146 cm³/mol. The maximum Gasteiger partial charge on any atom is 0.0465 e. The van der Waals surface area contributed by atoms with Gasteiger partial charge in [0.1, 0.15) is 0 Å². The third kappa shape index (κ3) is 56.4. The summed E-state index contributed by atoms with van der Waals surface area (Å²) in [7, 11) is 0. The molecule has 0 aromatic heterocycles. The first-order valence-electron chi connectivity index (χ1n) is 13.5. The lowest BCUT2D eigenvalue weighted by atomic mass is 10.0. The summed E-state index contributed by atoms with van der Waals surface area (Å²) in [6, 6.07) is 0. The first kappa shape index (κ1) is 39.9. The monoisotopic (exact) mass is 428 g/mol. The van der Waals surface area contributed by atoms with E-state index in [-0.39, 0.29) is 0 Å². The minimum absolute atomic E-state index is 0.296. The van der Waals surface area contributed by atoms with Crippen LogP contribution < -0.4 is 0 Å². The Labute approximate surface area is 194 Å². The molecule has 1 nitrogen and oxygen atoms in total. The average Bonchev–Trinajstić information content (AvgIpc) is 2.75. The van der Waals surface area contributed by atoms with Gasteiger partial charge < -0.3 is 5.11 Å². The molecule has 0 atom stereocenters. The number of rotatable bonds is 14. The van der Waals surface area contributed by atoms with Gasteiger partial charge in [-0.25, -0.2) is 0 Å². The molecule has 0 aliphatic heterocycles.